The second-order valence-electron chi connectivity index (χ2n) is 4.57. The van der Waals surface area contributed by atoms with Gasteiger partial charge in [-0.2, -0.15) is 0 Å². The van der Waals surface area contributed by atoms with Crippen LogP contribution in [0.2, 0.25) is 0 Å². The van der Waals surface area contributed by atoms with Crippen molar-refractivity contribution < 1.29 is 19.0 Å². The highest BCUT2D eigenvalue weighted by Crippen LogP contribution is 2.24. The van der Waals surface area contributed by atoms with Crippen LogP contribution in [0.4, 0.5) is 4.39 Å². The summed E-state index contributed by atoms with van der Waals surface area (Å²) >= 11 is 1.56. The van der Waals surface area contributed by atoms with Crippen molar-refractivity contribution >= 4 is 17.7 Å². The molecule has 1 aliphatic rings. The smallest absolute Gasteiger partial charge is 0.338 e. The van der Waals surface area contributed by atoms with Crippen LogP contribution in [0.3, 0.4) is 0 Å². The van der Waals surface area contributed by atoms with Crippen LogP contribution in [-0.2, 0) is 4.74 Å². The van der Waals surface area contributed by atoms with E-state index in [1.54, 1.807) is 17.8 Å². The maximum atomic E-state index is 13.2. The Morgan fingerprint density at radius 2 is 2.37 bits per heavy atom. The molecule has 5 heteroatoms. The Morgan fingerprint density at radius 1 is 1.53 bits per heavy atom. The molecular formula is C14H17FO3S. The van der Waals surface area contributed by atoms with Crippen LogP contribution in [0.25, 0.3) is 0 Å². The van der Waals surface area contributed by atoms with E-state index in [-0.39, 0.29) is 5.56 Å². The van der Waals surface area contributed by atoms with Gasteiger partial charge in [-0.1, -0.05) is 0 Å². The predicted octanol–water partition coefficient (Wildman–Crippen LogP) is 3.58. The van der Waals surface area contributed by atoms with Crippen LogP contribution in [0.5, 0.6) is 0 Å². The summed E-state index contributed by atoms with van der Waals surface area (Å²) in [4.78, 5) is 11.6. The molecular weight excluding hydrogens is 267 g/mol. The fourth-order valence-corrected chi connectivity index (χ4v) is 3.04. The number of carbonyl (C=O) groups is 1. The van der Waals surface area contributed by atoms with Crippen LogP contribution in [-0.4, -0.2) is 29.5 Å². The van der Waals surface area contributed by atoms with Gasteiger partial charge in [0.15, 0.2) is 0 Å². The molecule has 104 valence electrons. The van der Waals surface area contributed by atoms with Crippen LogP contribution in [0, 0.1) is 5.82 Å². The minimum Gasteiger partial charge on any atom is -0.478 e. The van der Waals surface area contributed by atoms with Gasteiger partial charge in [0.25, 0.3) is 0 Å². The predicted molar refractivity (Wildman–Crippen MR) is 72.3 cm³/mol. The standard InChI is InChI=1S/C14H17FO3S/c15-13-6-5-11(9-12(13)14(16)17)19-8-2-4-10-3-1-7-18-10/h5-6,9-10H,1-4,7-8H2,(H,16,17). The summed E-state index contributed by atoms with van der Waals surface area (Å²) in [6.07, 6.45) is 4.75. The first kappa shape index (κ1) is 14.3. The molecule has 1 atom stereocenters. The lowest BCUT2D eigenvalue weighted by atomic mass is 10.1. The Labute approximate surface area is 116 Å². The number of benzene rings is 1. The lowest BCUT2D eigenvalue weighted by molar-refractivity contribution is 0.0691. The quantitative estimate of drug-likeness (QED) is 0.640. The minimum absolute atomic E-state index is 0.260. The highest BCUT2D eigenvalue weighted by Gasteiger charge is 2.15. The van der Waals surface area contributed by atoms with Gasteiger partial charge in [0.05, 0.1) is 11.7 Å². The van der Waals surface area contributed by atoms with E-state index in [4.69, 9.17) is 9.84 Å². The third-order valence-electron chi connectivity index (χ3n) is 3.13. The summed E-state index contributed by atoms with van der Waals surface area (Å²) < 4.78 is 18.7. The molecule has 0 aliphatic carbocycles. The average molecular weight is 284 g/mol. The first-order valence-corrected chi connectivity index (χ1v) is 7.42. The molecule has 19 heavy (non-hydrogen) atoms. The van der Waals surface area contributed by atoms with Gasteiger partial charge in [0.1, 0.15) is 5.82 Å². The number of ether oxygens (including phenoxy) is 1. The second kappa shape index (κ2) is 6.91. The molecule has 1 heterocycles. The van der Waals surface area contributed by atoms with Crippen molar-refractivity contribution in [3.05, 3.63) is 29.6 Å². The number of halogens is 1. The normalized spacial score (nSPS) is 18.7. The summed E-state index contributed by atoms with van der Waals surface area (Å²) in [5, 5.41) is 8.84. The van der Waals surface area contributed by atoms with Gasteiger partial charge in [-0.15, -0.1) is 11.8 Å². The topological polar surface area (TPSA) is 46.5 Å². The zero-order chi connectivity index (χ0) is 13.7. The summed E-state index contributed by atoms with van der Waals surface area (Å²) in [7, 11) is 0. The molecule has 3 nitrogen and oxygen atoms in total. The van der Waals surface area contributed by atoms with E-state index >= 15 is 0 Å². The molecule has 1 aromatic carbocycles. The van der Waals surface area contributed by atoms with Gasteiger partial charge < -0.3 is 9.84 Å². The Bertz CT molecular complexity index is 444. The number of aromatic carboxylic acids is 1. The lowest BCUT2D eigenvalue weighted by Gasteiger charge is -2.08. The molecule has 0 bridgehead atoms. The van der Waals surface area contributed by atoms with Crippen molar-refractivity contribution in [2.75, 3.05) is 12.4 Å². The van der Waals surface area contributed by atoms with Crippen LogP contribution >= 0.6 is 11.8 Å². The van der Waals surface area contributed by atoms with E-state index in [0.29, 0.717) is 6.10 Å². The second-order valence-corrected chi connectivity index (χ2v) is 5.74. The molecule has 1 unspecified atom stereocenters. The fourth-order valence-electron chi connectivity index (χ4n) is 2.13. The molecule has 0 aromatic heterocycles. The monoisotopic (exact) mass is 284 g/mol. The minimum atomic E-state index is -1.22. The molecule has 0 radical (unpaired) electrons. The average Bonchev–Trinajstić information content (AvgIpc) is 2.89. The van der Waals surface area contributed by atoms with Crippen LogP contribution in [0.1, 0.15) is 36.0 Å². The number of hydrogen-bond donors (Lipinski definition) is 1. The van der Waals surface area contributed by atoms with Crippen molar-refractivity contribution in [2.24, 2.45) is 0 Å². The maximum Gasteiger partial charge on any atom is 0.338 e. The lowest BCUT2D eigenvalue weighted by Crippen LogP contribution is -2.04. The van der Waals surface area contributed by atoms with Gasteiger partial charge >= 0.3 is 5.97 Å². The van der Waals surface area contributed by atoms with E-state index < -0.39 is 11.8 Å². The molecule has 0 amide bonds. The summed E-state index contributed by atoms with van der Waals surface area (Å²) in [6, 6.07) is 4.23. The van der Waals surface area contributed by atoms with Gasteiger partial charge in [-0.25, -0.2) is 9.18 Å². The maximum absolute atomic E-state index is 13.2. The first-order chi connectivity index (χ1) is 9.16. The van der Waals surface area contributed by atoms with Gasteiger partial charge in [0, 0.05) is 11.5 Å². The molecule has 1 aliphatic heterocycles. The van der Waals surface area contributed by atoms with Crippen molar-refractivity contribution in [3.63, 3.8) is 0 Å². The molecule has 0 spiro atoms. The Morgan fingerprint density at radius 3 is 3.05 bits per heavy atom. The SMILES string of the molecule is O=C(O)c1cc(SCCCC2CCCO2)ccc1F. The molecule has 1 fully saturated rings. The molecule has 0 saturated carbocycles. The number of carboxylic acid groups (broad SMARTS) is 1. The molecule has 2 rings (SSSR count). The van der Waals surface area contributed by atoms with Crippen molar-refractivity contribution in [1.29, 1.82) is 0 Å². The van der Waals surface area contributed by atoms with E-state index in [9.17, 15) is 9.18 Å². The largest absolute Gasteiger partial charge is 0.478 e. The highest BCUT2D eigenvalue weighted by molar-refractivity contribution is 7.99. The highest BCUT2D eigenvalue weighted by atomic mass is 32.2. The van der Waals surface area contributed by atoms with Gasteiger partial charge in [0.2, 0.25) is 0 Å². The third-order valence-corrected chi connectivity index (χ3v) is 4.21. The number of rotatable bonds is 6. The zero-order valence-electron chi connectivity index (χ0n) is 10.6. The number of thioether (sulfide) groups is 1. The van der Waals surface area contributed by atoms with Gasteiger partial charge in [-0.05, 0) is 49.6 Å². The summed E-state index contributed by atoms with van der Waals surface area (Å²) in [5.74, 6) is -1.01. The summed E-state index contributed by atoms with van der Waals surface area (Å²) in [5.41, 5.74) is -0.260. The fraction of sp³-hybridized carbons (Fsp3) is 0.500. The Kier molecular flexibility index (Phi) is 5.22. The van der Waals surface area contributed by atoms with E-state index in [0.717, 1.165) is 42.9 Å². The van der Waals surface area contributed by atoms with Crippen LogP contribution < -0.4 is 0 Å². The van der Waals surface area contributed by atoms with Crippen molar-refractivity contribution in [1.82, 2.24) is 0 Å². The Balaban J connectivity index is 1.79. The van der Waals surface area contributed by atoms with Crippen LogP contribution in [0.15, 0.2) is 23.1 Å². The summed E-state index contributed by atoms with van der Waals surface area (Å²) in [6.45, 7) is 0.873. The zero-order valence-corrected chi connectivity index (χ0v) is 11.4. The van der Waals surface area contributed by atoms with Crippen molar-refractivity contribution in [2.45, 2.75) is 36.7 Å². The number of carboxylic acids is 1. The molecule has 1 saturated heterocycles. The third kappa shape index (κ3) is 4.21. The first-order valence-electron chi connectivity index (χ1n) is 6.44. The van der Waals surface area contributed by atoms with Gasteiger partial charge in [-0.3, -0.25) is 0 Å². The Hall–Kier alpha value is -1.07. The van der Waals surface area contributed by atoms with Crippen molar-refractivity contribution in [3.8, 4) is 0 Å². The van der Waals surface area contributed by atoms with E-state index in [1.165, 1.54) is 12.1 Å². The molecule has 1 N–H and O–H groups in total. The van der Waals surface area contributed by atoms with E-state index in [1.807, 2.05) is 0 Å². The van der Waals surface area contributed by atoms with E-state index in [2.05, 4.69) is 0 Å². The molecule has 1 aromatic rings. The number of hydrogen-bond acceptors (Lipinski definition) is 3.